The van der Waals surface area contributed by atoms with Crippen LogP contribution in [0.4, 0.5) is 0 Å². The fraction of sp³-hybridized carbons (Fsp3) is 0.765. The van der Waals surface area contributed by atoms with E-state index in [1.807, 2.05) is 19.1 Å². The zero-order valence-electron chi connectivity index (χ0n) is 13.3. The number of allylic oxidation sites excluding steroid dienone is 1. The predicted octanol–water partition coefficient (Wildman–Crippen LogP) is 2.64. The number of nitrogens with zero attached hydrogens (tertiary/aromatic N) is 1. The third-order valence-electron chi connectivity index (χ3n) is 4.75. The molecule has 2 unspecified atom stereocenters. The zero-order valence-corrected chi connectivity index (χ0v) is 13.3. The average molecular weight is 292 g/mol. The summed E-state index contributed by atoms with van der Waals surface area (Å²) in [4.78, 5) is 27.1. The minimum absolute atomic E-state index is 0.0385. The Labute approximate surface area is 128 Å². The molecule has 0 spiro atoms. The molecule has 118 valence electrons. The molecular formula is C17H28N2O2. The van der Waals surface area contributed by atoms with Crippen molar-refractivity contribution in [1.82, 2.24) is 10.2 Å². The molecule has 1 aliphatic carbocycles. The van der Waals surface area contributed by atoms with Gasteiger partial charge in [0.05, 0.1) is 0 Å². The van der Waals surface area contributed by atoms with Gasteiger partial charge < -0.3 is 10.2 Å². The normalized spacial score (nSPS) is 28.2. The molecule has 0 aromatic carbocycles. The maximum absolute atomic E-state index is 12.8. The molecule has 4 nitrogen and oxygen atoms in total. The molecule has 2 atom stereocenters. The van der Waals surface area contributed by atoms with E-state index in [1.54, 1.807) is 4.90 Å². The van der Waals surface area contributed by atoms with Gasteiger partial charge in [-0.1, -0.05) is 44.8 Å². The molecule has 0 radical (unpaired) electrons. The van der Waals surface area contributed by atoms with Gasteiger partial charge in [0.25, 0.3) is 0 Å². The molecule has 2 amide bonds. The minimum Gasteiger partial charge on any atom is -0.342 e. The third-order valence-corrected chi connectivity index (χ3v) is 4.75. The monoisotopic (exact) mass is 292 g/mol. The van der Waals surface area contributed by atoms with Gasteiger partial charge in [0, 0.05) is 6.54 Å². The lowest BCUT2D eigenvalue weighted by molar-refractivity contribution is -0.151. The number of amides is 2. The van der Waals surface area contributed by atoms with E-state index >= 15 is 0 Å². The Morgan fingerprint density at radius 1 is 1.24 bits per heavy atom. The van der Waals surface area contributed by atoms with Crippen LogP contribution in [0.25, 0.3) is 0 Å². The molecular weight excluding hydrogens is 264 g/mol. The largest absolute Gasteiger partial charge is 0.342 e. The summed E-state index contributed by atoms with van der Waals surface area (Å²) in [5, 5.41) is 3.02. The second-order valence-corrected chi connectivity index (χ2v) is 6.25. The van der Waals surface area contributed by atoms with Crippen molar-refractivity contribution in [2.45, 2.75) is 70.9 Å². The molecule has 1 heterocycles. The molecule has 1 aliphatic heterocycles. The lowest BCUT2D eigenvalue weighted by Gasteiger charge is -2.42. The fourth-order valence-corrected chi connectivity index (χ4v) is 3.57. The Balaban J connectivity index is 2.15. The highest BCUT2D eigenvalue weighted by molar-refractivity contribution is 5.97. The van der Waals surface area contributed by atoms with Crippen LogP contribution in [0.3, 0.4) is 0 Å². The molecule has 2 aliphatic rings. The third kappa shape index (κ3) is 3.66. The Hall–Kier alpha value is -1.32. The van der Waals surface area contributed by atoms with Gasteiger partial charge in [0.1, 0.15) is 12.1 Å². The van der Waals surface area contributed by atoms with Crippen molar-refractivity contribution >= 4 is 11.8 Å². The van der Waals surface area contributed by atoms with Crippen LogP contribution in [0.1, 0.15) is 58.8 Å². The second-order valence-electron chi connectivity index (χ2n) is 6.25. The summed E-state index contributed by atoms with van der Waals surface area (Å²) < 4.78 is 0. The van der Waals surface area contributed by atoms with Crippen LogP contribution in [0.2, 0.25) is 0 Å². The van der Waals surface area contributed by atoms with Gasteiger partial charge in [-0.15, -0.1) is 0 Å². The quantitative estimate of drug-likeness (QED) is 0.792. The summed E-state index contributed by atoms with van der Waals surface area (Å²) in [6.07, 6.45) is 11.3. The first kappa shape index (κ1) is 16.1. The topological polar surface area (TPSA) is 49.4 Å². The average Bonchev–Trinajstić information content (AvgIpc) is 2.51. The van der Waals surface area contributed by atoms with Crippen molar-refractivity contribution < 1.29 is 9.59 Å². The highest BCUT2D eigenvalue weighted by atomic mass is 16.2. The molecule has 0 bridgehead atoms. The van der Waals surface area contributed by atoms with Crippen molar-refractivity contribution in [1.29, 1.82) is 0 Å². The van der Waals surface area contributed by atoms with Crippen molar-refractivity contribution in [2.24, 2.45) is 5.92 Å². The standard InChI is InChI=1S/C17H28N2O2/c1-3-5-12-19-14(9-4-2)16(20)18-15(17(19)21)13-10-7-6-8-11-13/h3,5,13-15H,4,6-12H2,1-2H3,(H,18,20)/b5-3+. The number of rotatable bonds is 5. The SMILES string of the molecule is C/C=C/CN1C(=O)C(C2CCCCC2)NC(=O)C1CCC. The van der Waals surface area contributed by atoms with Crippen LogP contribution >= 0.6 is 0 Å². The first-order valence-electron chi connectivity index (χ1n) is 8.41. The van der Waals surface area contributed by atoms with E-state index in [9.17, 15) is 9.59 Å². The maximum Gasteiger partial charge on any atom is 0.246 e. The second kappa shape index (κ2) is 7.62. The molecule has 1 saturated heterocycles. The highest BCUT2D eigenvalue weighted by Gasteiger charge is 2.42. The van der Waals surface area contributed by atoms with Gasteiger partial charge in [-0.3, -0.25) is 9.59 Å². The molecule has 2 rings (SSSR count). The summed E-state index contributed by atoms with van der Waals surface area (Å²) in [6.45, 7) is 4.55. The van der Waals surface area contributed by atoms with Crippen LogP contribution in [-0.2, 0) is 9.59 Å². The van der Waals surface area contributed by atoms with E-state index < -0.39 is 0 Å². The summed E-state index contributed by atoms with van der Waals surface area (Å²) >= 11 is 0. The Bertz CT molecular complexity index is 400. The summed E-state index contributed by atoms with van der Waals surface area (Å²) in [5.41, 5.74) is 0. The smallest absolute Gasteiger partial charge is 0.246 e. The fourth-order valence-electron chi connectivity index (χ4n) is 3.57. The van der Waals surface area contributed by atoms with E-state index in [0.29, 0.717) is 12.5 Å². The first-order chi connectivity index (χ1) is 10.2. The summed E-state index contributed by atoms with van der Waals surface area (Å²) in [7, 11) is 0. The van der Waals surface area contributed by atoms with E-state index in [2.05, 4.69) is 12.2 Å². The Kier molecular flexibility index (Phi) is 5.83. The number of carbonyl (C=O) groups is 2. The van der Waals surface area contributed by atoms with E-state index in [1.165, 1.54) is 19.3 Å². The van der Waals surface area contributed by atoms with Crippen LogP contribution in [0.5, 0.6) is 0 Å². The van der Waals surface area contributed by atoms with Gasteiger partial charge in [0.15, 0.2) is 0 Å². The molecule has 0 aromatic heterocycles. The first-order valence-corrected chi connectivity index (χ1v) is 8.41. The Morgan fingerprint density at radius 3 is 2.57 bits per heavy atom. The highest BCUT2D eigenvalue weighted by Crippen LogP contribution is 2.29. The van der Waals surface area contributed by atoms with Gasteiger partial charge in [-0.2, -0.15) is 0 Å². The molecule has 1 N–H and O–H groups in total. The van der Waals surface area contributed by atoms with Crippen molar-refractivity contribution in [3.63, 3.8) is 0 Å². The zero-order chi connectivity index (χ0) is 15.2. The molecule has 1 saturated carbocycles. The van der Waals surface area contributed by atoms with Gasteiger partial charge >= 0.3 is 0 Å². The number of nitrogens with one attached hydrogen (secondary N) is 1. The minimum atomic E-state index is -0.295. The van der Waals surface area contributed by atoms with Crippen LogP contribution < -0.4 is 5.32 Å². The van der Waals surface area contributed by atoms with Gasteiger partial charge in [0.2, 0.25) is 11.8 Å². The van der Waals surface area contributed by atoms with E-state index in [0.717, 1.165) is 25.7 Å². The number of hydrogen-bond acceptors (Lipinski definition) is 2. The number of piperazine rings is 1. The summed E-state index contributed by atoms with van der Waals surface area (Å²) in [6, 6.07) is -0.588. The molecule has 4 heteroatoms. The van der Waals surface area contributed by atoms with E-state index in [-0.39, 0.29) is 23.9 Å². The lowest BCUT2D eigenvalue weighted by atomic mass is 9.82. The van der Waals surface area contributed by atoms with Crippen LogP contribution in [0.15, 0.2) is 12.2 Å². The van der Waals surface area contributed by atoms with Crippen molar-refractivity contribution in [3.8, 4) is 0 Å². The van der Waals surface area contributed by atoms with Crippen LogP contribution in [-0.4, -0.2) is 35.3 Å². The van der Waals surface area contributed by atoms with Gasteiger partial charge in [-0.05, 0) is 32.1 Å². The molecule has 0 aromatic rings. The van der Waals surface area contributed by atoms with Crippen molar-refractivity contribution in [2.75, 3.05) is 6.54 Å². The summed E-state index contributed by atoms with van der Waals surface area (Å²) in [5.74, 6) is 0.487. The van der Waals surface area contributed by atoms with Gasteiger partial charge in [-0.25, -0.2) is 0 Å². The lowest BCUT2D eigenvalue weighted by Crippen LogP contribution is -2.65. The number of carbonyl (C=O) groups excluding carboxylic acids is 2. The predicted molar refractivity (Wildman–Crippen MR) is 83.7 cm³/mol. The van der Waals surface area contributed by atoms with E-state index in [4.69, 9.17) is 0 Å². The molecule has 21 heavy (non-hydrogen) atoms. The number of hydrogen-bond donors (Lipinski definition) is 1. The van der Waals surface area contributed by atoms with Crippen LogP contribution in [0, 0.1) is 5.92 Å². The van der Waals surface area contributed by atoms with Crippen molar-refractivity contribution in [3.05, 3.63) is 12.2 Å². The maximum atomic E-state index is 12.8. The molecule has 2 fully saturated rings. The Morgan fingerprint density at radius 2 is 1.95 bits per heavy atom.